The zero-order valence-corrected chi connectivity index (χ0v) is 20.2. The first-order valence-corrected chi connectivity index (χ1v) is 12.4. The van der Waals surface area contributed by atoms with Crippen molar-refractivity contribution in [3.8, 4) is 17.6 Å². The SMILES string of the molecule is COc1ccc2ncc(Cl)c(CCCC3(C(=O)O)CCN(CC#Cc4cccs4)CC3)c2c1. The maximum atomic E-state index is 12.3. The van der Waals surface area contributed by atoms with E-state index in [4.69, 9.17) is 16.3 Å². The second-order valence-corrected chi connectivity index (χ2v) is 9.82. The predicted molar refractivity (Wildman–Crippen MR) is 133 cm³/mol. The lowest BCUT2D eigenvalue weighted by Crippen LogP contribution is -2.44. The molecule has 0 amide bonds. The highest BCUT2D eigenvalue weighted by Gasteiger charge is 2.40. The predicted octanol–water partition coefficient (Wildman–Crippen LogP) is 5.50. The van der Waals surface area contributed by atoms with E-state index in [1.54, 1.807) is 24.6 Å². The summed E-state index contributed by atoms with van der Waals surface area (Å²) >= 11 is 8.12. The number of carboxylic acids is 1. The van der Waals surface area contributed by atoms with Gasteiger partial charge in [0.25, 0.3) is 0 Å². The number of likely N-dealkylation sites (tertiary alicyclic amines) is 1. The minimum atomic E-state index is -0.695. The number of hydrogen-bond acceptors (Lipinski definition) is 5. The zero-order valence-electron chi connectivity index (χ0n) is 18.6. The van der Waals surface area contributed by atoms with Gasteiger partial charge in [0.2, 0.25) is 0 Å². The molecule has 3 heterocycles. The molecule has 0 bridgehead atoms. The van der Waals surface area contributed by atoms with Gasteiger partial charge in [-0.2, -0.15) is 0 Å². The van der Waals surface area contributed by atoms with Gasteiger partial charge in [-0.25, -0.2) is 0 Å². The Morgan fingerprint density at radius 3 is 2.85 bits per heavy atom. The standard InChI is InChI=1S/C26H27ClN2O3S/c1-32-19-8-9-24-22(17-19)21(23(27)18-28-24)7-2-10-26(25(30)31)11-14-29(15-12-26)13-3-5-20-6-4-16-33-20/h4,6,8-9,16-18H,2,7,10-15H2,1H3,(H,30,31). The van der Waals surface area contributed by atoms with E-state index in [0.29, 0.717) is 37.3 Å². The van der Waals surface area contributed by atoms with E-state index in [-0.39, 0.29) is 0 Å². The fourth-order valence-electron chi connectivity index (χ4n) is 4.48. The van der Waals surface area contributed by atoms with E-state index >= 15 is 0 Å². The van der Waals surface area contributed by atoms with Crippen LogP contribution in [-0.2, 0) is 11.2 Å². The number of pyridine rings is 1. The minimum absolute atomic E-state index is 0.610. The first kappa shape index (κ1) is 23.6. The molecule has 1 fully saturated rings. The molecule has 7 heteroatoms. The molecule has 172 valence electrons. The molecule has 0 radical (unpaired) electrons. The first-order chi connectivity index (χ1) is 16.0. The van der Waals surface area contributed by atoms with Crippen LogP contribution in [0.4, 0.5) is 0 Å². The molecule has 0 spiro atoms. The van der Waals surface area contributed by atoms with Crippen LogP contribution in [0.3, 0.4) is 0 Å². The maximum Gasteiger partial charge on any atom is 0.309 e. The molecule has 1 N–H and O–H groups in total. The van der Waals surface area contributed by atoms with Crippen molar-refractivity contribution in [2.45, 2.75) is 32.1 Å². The lowest BCUT2D eigenvalue weighted by atomic mass is 9.74. The molecule has 1 aliphatic heterocycles. The van der Waals surface area contributed by atoms with Crippen molar-refractivity contribution in [3.05, 3.63) is 57.4 Å². The Morgan fingerprint density at radius 2 is 2.15 bits per heavy atom. The fraction of sp³-hybridized carbons (Fsp3) is 0.385. The number of piperidine rings is 1. The quantitative estimate of drug-likeness (QED) is 0.450. The summed E-state index contributed by atoms with van der Waals surface area (Å²) in [7, 11) is 1.63. The highest BCUT2D eigenvalue weighted by Crippen LogP contribution is 2.38. The summed E-state index contributed by atoms with van der Waals surface area (Å²) in [5.41, 5.74) is 1.17. The van der Waals surface area contributed by atoms with Gasteiger partial charge in [0.15, 0.2) is 0 Å². The number of methoxy groups -OCH3 is 1. The van der Waals surface area contributed by atoms with E-state index in [9.17, 15) is 9.90 Å². The lowest BCUT2D eigenvalue weighted by Gasteiger charge is -2.38. The minimum Gasteiger partial charge on any atom is -0.497 e. The molecule has 1 aliphatic rings. The van der Waals surface area contributed by atoms with Crippen LogP contribution in [0.25, 0.3) is 10.9 Å². The Balaban J connectivity index is 1.39. The Labute approximate surface area is 203 Å². The van der Waals surface area contributed by atoms with Gasteiger partial charge in [-0.1, -0.05) is 29.5 Å². The number of thiophene rings is 1. The van der Waals surface area contributed by atoms with Crippen LogP contribution in [0.5, 0.6) is 5.75 Å². The largest absolute Gasteiger partial charge is 0.497 e. The summed E-state index contributed by atoms with van der Waals surface area (Å²) < 4.78 is 5.36. The van der Waals surface area contributed by atoms with Crippen LogP contribution in [0, 0.1) is 17.3 Å². The van der Waals surface area contributed by atoms with Crippen LogP contribution in [-0.4, -0.2) is 47.7 Å². The molecule has 2 aromatic heterocycles. The molecule has 1 aromatic carbocycles. The van der Waals surface area contributed by atoms with Crippen LogP contribution in [0.1, 0.15) is 36.1 Å². The smallest absolute Gasteiger partial charge is 0.309 e. The Hall–Kier alpha value is -2.59. The van der Waals surface area contributed by atoms with E-state index in [0.717, 1.165) is 46.6 Å². The van der Waals surface area contributed by atoms with Gasteiger partial charge in [0, 0.05) is 24.7 Å². The number of benzene rings is 1. The maximum absolute atomic E-state index is 12.3. The lowest BCUT2D eigenvalue weighted by molar-refractivity contribution is -0.152. The van der Waals surface area contributed by atoms with E-state index < -0.39 is 11.4 Å². The Bertz CT molecular complexity index is 1180. The van der Waals surface area contributed by atoms with Gasteiger partial charge < -0.3 is 9.84 Å². The monoisotopic (exact) mass is 482 g/mol. The summed E-state index contributed by atoms with van der Waals surface area (Å²) in [5.74, 6) is 6.46. The van der Waals surface area contributed by atoms with E-state index in [2.05, 4.69) is 21.7 Å². The number of halogens is 1. The molecule has 1 saturated heterocycles. The summed E-state index contributed by atoms with van der Waals surface area (Å²) in [4.78, 5) is 20.0. The van der Waals surface area contributed by atoms with Crippen molar-refractivity contribution in [1.29, 1.82) is 0 Å². The Kier molecular flexibility index (Phi) is 7.54. The third-order valence-corrected chi connectivity index (χ3v) is 7.63. The number of hydrogen-bond donors (Lipinski definition) is 1. The average Bonchev–Trinajstić information content (AvgIpc) is 3.34. The summed E-state index contributed by atoms with van der Waals surface area (Å²) in [6.07, 6.45) is 5.04. The molecule has 3 aromatic rings. The zero-order chi connectivity index (χ0) is 23.3. The van der Waals surface area contributed by atoms with Gasteiger partial charge in [0.05, 0.1) is 34.5 Å². The molecule has 0 saturated carbocycles. The van der Waals surface area contributed by atoms with Crippen molar-refractivity contribution in [1.82, 2.24) is 9.88 Å². The van der Waals surface area contributed by atoms with Gasteiger partial charge in [0.1, 0.15) is 5.75 Å². The molecular weight excluding hydrogens is 456 g/mol. The van der Waals surface area contributed by atoms with Crippen LogP contribution in [0.2, 0.25) is 5.02 Å². The van der Waals surface area contributed by atoms with Crippen LogP contribution < -0.4 is 4.74 Å². The number of aliphatic carboxylic acids is 1. The topological polar surface area (TPSA) is 62.7 Å². The second kappa shape index (κ2) is 10.6. The first-order valence-electron chi connectivity index (χ1n) is 11.1. The molecule has 0 aliphatic carbocycles. The number of aryl methyl sites for hydroxylation is 1. The van der Waals surface area contributed by atoms with E-state index in [1.807, 2.05) is 35.7 Å². The summed E-state index contributed by atoms with van der Waals surface area (Å²) in [6, 6.07) is 9.76. The van der Waals surface area contributed by atoms with Gasteiger partial charge >= 0.3 is 5.97 Å². The molecule has 5 nitrogen and oxygen atoms in total. The number of aromatic nitrogens is 1. The van der Waals surface area contributed by atoms with Crippen LogP contribution in [0.15, 0.2) is 41.9 Å². The molecule has 0 atom stereocenters. The van der Waals surface area contributed by atoms with Gasteiger partial charge in [-0.3, -0.25) is 14.7 Å². The van der Waals surface area contributed by atoms with Crippen LogP contribution >= 0.6 is 22.9 Å². The number of fused-ring (bicyclic) bond motifs is 1. The molecular formula is C26H27ClN2O3S. The third kappa shape index (κ3) is 5.50. The average molecular weight is 483 g/mol. The van der Waals surface area contributed by atoms with E-state index in [1.165, 1.54) is 0 Å². The number of ether oxygens (including phenoxy) is 1. The van der Waals surface area contributed by atoms with Gasteiger partial charge in [-0.05, 0) is 67.3 Å². The number of carboxylic acid groups (broad SMARTS) is 1. The highest BCUT2D eigenvalue weighted by atomic mass is 35.5. The highest BCUT2D eigenvalue weighted by molar-refractivity contribution is 7.10. The number of carbonyl (C=O) groups is 1. The normalized spacial score (nSPS) is 15.7. The fourth-order valence-corrected chi connectivity index (χ4v) is 5.32. The second-order valence-electron chi connectivity index (χ2n) is 8.46. The molecule has 4 rings (SSSR count). The number of nitrogens with zero attached hydrogens (tertiary/aromatic N) is 2. The van der Waals surface area contributed by atoms with Crippen molar-refractivity contribution < 1.29 is 14.6 Å². The molecule has 33 heavy (non-hydrogen) atoms. The van der Waals surface area contributed by atoms with Crippen molar-refractivity contribution in [2.75, 3.05) is 26.7 Å². The number of rotatable bonds is 7. The molecule has 0 unspecified atom stereocenters. The van der Waals surface area contributed by atoms with Crippen molar-refractivity contribution in [3.63, 3.8) is 0 Å². The Morgan fingerprint density at radius 1 is 1.33 bits per heavy atom. The third-order valence-electron chi connectivity index (χ3n) is 6.52. The summed E-state index contributed by atoms with van der Waals surface area (Å²) in [6.45, 7) is 2.18. The van der Waals surface area contributed by atoms with Crippen molar-refractivity contribution in [2.24, 2.45) is 5.41 Å². The van der Waals surface area contributed by atoms with Crippen molar-refractivity contribution >= 4 is 39.8 Å². The summed E-state index contributed by atoms with van der Waals surface area (Å²) in [5, 5.41) is 13.7. The van der Waals surface area contributed by atoms with Gasteiger partial charge in [-0.15, -0.1) is 11.3 Å².